The zero-order valence-electron chi connectivity index (χ0n) is 17.7. The van der Waals surface area contributed by atoms with E-state index in [0.717, 1.165) is 5.56 Å². The Morgan fingerprint density at radius 1 is 0.938 bits per heavy atom. The smallest absolute Gasteiger partial charge is 0.358 e. The summed E-state index contributed by atoms with van der Waals surface area (Å²) in [5.41, 5.74) is 1.40. The first-order chi connectivity index (χ1) is 15.2. The van der Waals surface area contributed by atoms with Crippen molar-refractivity contribution in [2.45, 2.75) is 39.0 Å². The molecule has 1 aromatic rings. The minimum absolute atomic E-state index is 0.0114. The molecule has 0 saturated carbocycles. The van der Waals surface area contributed by atoms with Crippen LogP contribution in [0.2, 0.25) is 0 Å². The van der Waals surface area contributed by atoms with Gasteiger partial charge in [-0.3, -0.25) is 24.0 Å². The number of nitrogens with one attached hydrogen (secondary N) is 2. The lowest BCUT2D eigenvalue weighted by atomic mass is 10.1. The summed E-state index contributed by atoms with van der Waals surface area (Å²) in [4.78, 5) is 73.4. The van der Waals surface area contributed by atoms with Crippen LogP contribution in [0.15, 0.2) is 24.3 Å². The Balaban J connectivity index is 1.64. The predicted molar refractivity (Wildman–Crippen MR) is 110 cm³/mol. The van der Waals surface area contributed by atoms with Gasteiger partial charge in [0, 0.05) is 37.9 Å². The van der Waals surface area contributed by atoms with Gasteiger partial charge >= 0.3 is 5.97 Å². The van der Waals surface area contributed by atoms with Crippen molar-refractivity contribution >= 4 is 41.1 Å². The summed E-state index contributed by atoms with van der Waals surface area (Å²) in [6, 6.07) is 6.86. The fourth-order valence-corrected chi connectivity index (χ4v) is 2.69. The molecule has 1 saturated heterocycles. The van der Waals surface area contributed by atoms with E-state index in [-0.39, 0.29) is 31.0 Å². The van der Waals surface area contributed by atoms with Gasteiger partial charge in [0.15, 0.2) is 0 Å². The molecule has 1 heterocycles. The fourth-order valence-electron chi connectivity index (χ4n) is 2.69. The van der Waals surface area contributed by atoms with E-state index < -0.39 is 36.9 Å². The highest BCUT2D eigenvalue weighted by Crippen LogP contribution is 2.13. The first-order valence-electron chi connectivity index (χ1n) is 10.0. The molecule has 0 atom stereocenters. The number of imide groups is 1. The normalized spacial score (nSPS) is 13.1. The first kappa shape index (κ1) is 24.7. The number of benzene rings is 1. The Morgan fingerprint density at radius 2 is 1.59 bits per heavy atom. The monoisotopic (exact) mass is 447 g/mol. The maximum Gasteiger partial charge on any atom is 0.358 e. The number of amides is 4. The molecule has 0 radical (unpaired) electrons. The van der Waals surface area contributed by atoms with Gasteiger partial charge in [0.1, 0.15) is 19.0 Å². The number of ketones is 1. The van der Waals surface area contributed by atoms with Crippen molar-refractivity contribution in [1.29, 1.82) is 0 Å². The van der Waals surface area contributed by atoms with Crippen LogP contribution in [-0.2, 0) is 44.8 Å². The van der Waals surface area contributed by atoms with E-state index in [1.807, 2.05) is 0 Å². The van der Waals surface area contributed by atoms with Crippen LogP contribution in [0.1, 0.15) is 38.2 Å². The van der Waals surface area contributed by atoms with E-state index in [9.17, 15) is 28.8 Å². The van der Waals surface area contributed by atoms with Crippen molar-refractivity contribution in [3.8, 4) is 0 Å². The summed E-state index contributed by atoms with van der Waals surface area (Å²) in [7, 11) is 0. The van der Waals surface area contributed by atoms with Gasteiger partial charge in [-0.05, 0) is 31.0 Å². The SMILES string of the molecule is CC(=O)CCNC(=O)CCc1ccc(NC(=O)COCC(=O)ON2C(=O)CCC2=O)cc1. The molecule has 2 N–H and O–H groups in total. The number of Topliss-reactive ketones (excluding diaryl/α,β-unsaturated/α-hetero) is 1. The maximum absolute atomic E-state index is 11.9. The lowest BCUT2D eigenvalue weighted by Crippen LogP contribution is -2.34. The molecule has 1 aromatic carbocycles. The molecule has 0 unspecified atom stereocenters. The average Bonchev–Trinajstić information content (AvgIpc) is 3.05. The van der Waals surface area contributed by atoms with Crippen LogP contribution < -0.4 is 10.6 Å². The van der Waals surface area contributed by atoms with Crippen LogP contribution in [0.3, 0.4) is 0 Å². The number of nitrogens with zero attached hydrogens (tertiary/aromatic N) is 1. The molecule has 1 aliphatic rings. The van der Waals surface area contributed by atoms with Gasteiger partial charge in [-0.2, -0.15) is 0 Å². The molecular weight excluding hydrogens is 422 g/mol. The minimum atomic E-state index is -0.962. The Kier molecular flexibility index (Phi) is 9.48. The topological polar surface area (TPSA) is 148 Å². The molecule has 172 valence electrons. The number of anilines is 1. The largest absolute Gasteiger partial charge is 0.360 e. The molecule has 11 nitrogen and oxygen atoms in total. The van der Waals surface area contributed by atoms with Crippen molar-refractivity contribution in [3.63, 3.8) is 0 Å². The minimum Gasteiger partial charge on any atom is -0.360 e. The maximum atomic E-state index is 11.9. The number of hydroxylamine groups is 2. The Morgan fingerprint density at radius 3 is 2.22 bits per heavy atom. The summed E-state index contributed by atoms with van der Waals surface area (Å²) in [5.74, 6) is -2.79. The van der Waals surface area contributed by atoms with E-state index in [1.165, 1.54) is 6.92 Å². The Bertz CT molecular complexity index is 866. The molecule has 0 spiro atoms. The van der Waals surface area contributed by atoms with Crippen molar-refractivity contribution in [2.75, 3.05) is 25.1 Å². The second kappa shape index (κ2) is 12.3. The van der Waals surface area contributed by atoms with Gasteiger partial charge in [-0.1, -0.05) is 12.1 Å². The number of aryl methyl sites for hydroxylation is 1. The van der Waals surface area contributed by atoms with Crippen LogP contribution in [0, 0.1) is 0 Å². The van der Waals surface area contributed by atoms with Crippen molar-refractivity contribution in [2.24, 2.45) is 0 Å². The van der Waals surface area contributed by atoms with Crippen LogP contribution in [0.5, 0.6) is 0 Å². The molecule has 0 bridgehead atoms. The number of carbonyl (C=O) groups is 6. The standard InChI is InChI=1S/C21H25N3O8/c1-14(25)10-11-22-17(26)7-4-15-2-5-16(6-3-15)23-18(27)12-31-13-21(30)32-24-19(28)8-9-20(24)29/h2-3,5-6H,4,7-13H2,1H3,(H,22,26)(H,23,27). The van der Waals surface area contributed by atoms with Gasteiger partial charge in [-0.25, -0.2) is 4.79 Å². The van der Waals surface area contributed by atoms with E-state index in [2.05, 4.69) is 15.5 Å². The van der Waals surface area contributed by atoms with Crippen molar-refractivity contribution < 1.29 is 38.3 Å². The highest BCUT2D eigenvalue weighted by Gasteiger charge is 2.32. The van der Waals surface area contributed by atoms with Gasteiger partial charge < -0.3 is 20.2 Å². The molecule has 11 heteroatoms. The van der Waals surface area contributed by atoms with Crippen LogP contribution in [-0.4, -0.2) is 60.2 Å². The zero-order chi connectivity index (χ0) is 23.5. The Hall–Kier alpha value is -3.60. The third kappa shape index (κ3) is 8.64. The summed E-state index contributed by atoms with van der Waals surface area (Å²) in [5, 5.41) is 5.67. The quantitative estimate of drug-likeness (QED) is 0.434. The predicted octanol–water partition coefficient (Wildman–Crippen LogP) is 0.277. The van der Waals surface area contributed by atoms with Crippen LogP contribution in [0.4, 0.5) is 5.69 Å². The van der Waals surface area contributed by atoms with Gasteiger partial charge in [0.2, 0.25) is 11.8 Å². The van der Waals surface area contributed by atoms with Crippen molar-refractivity contribution in [1.82, 2.24) is 10.4 Å². The molecular formula is C21H25N3O8. The third-order valence-electron chi connectivity index (χ3n) is 4.33. The highest BCUT2D eigenvalue weighted by molar-refractivity contribution is 6.01. The van der Waals surface area contributed by atoms with Crippen LogP contribution in [0.25, 0.3) is 0 Å². The number of rotatable bonds is 12. The number of hydrogen-bond donors (Lipinski definition) is 2. The fraction of sp³-hybridized carbons (Fsp3) is 0.429. The van der Waals surface area contributed by atoms with Crippen LogP contribution >= 0.6 is 0 Å². The number of hydrogen-bond acceptors (Lipinski definition) is 8. The summed E-state index contributed by atoms with van der Waals surface area (Å²) >= 11 is 0. The summed E-state index contributed by atoms with van der Waals surface area (Å²) < 4.78 is 4.94. The van der Waals surface area contributed by atoms with Crippen molar-refractivity contribution in [3.05, 3.63) is 29.8 Å². The molecule has 32 heavy (non-hydrogen) atoms. The van der Waals surface area contributed by atoms with Gasteiger partial charge in [0.25, 0.3) is 11.8 Å². The second-order valence-electron chi connectivity index (χ2n) is 7.09. The van der Waals surface area contributed by atoms with E-state index >= 15 is 0 Å². The van der Waals surface area contributed by atoms with Gasteiger partial charge in [0.05, 0.1) is 0 Å². The number of ether oxygens (including phenoxy) is 1. The van der Waals surface area contributed by atoms with E-state index in [0.29, 0.717) is 30.1 Å². The number of carbonyl (C=O) groups excluding carboxylic acids is 6. The van der Waals surface area contributed by atoms with Gasteiger partial charge in [-0.15, -0.1) is 5.06 Å². The molecule has 0 aliphatic carbocycles. The Labute approximate surface area is 184 Å². The third-order valence-corrected chi connectivity index (χ3v) is 4.33. The molecule has 1 fully saturated rings. The lowest BCUT2D eigenvalue weighted by molar-refractivity contribution is -0.200. The lowest BCUT2D eigenvalue weighted by Gasteiger charge is -2.12. The van der Waals surface area contributed by atoms with E-state index in [1.54, 1.807) is 24.3 Å². The first-order valence-corrected chi connectivity index (χ1v) is 10.0. The van der Waals surface area contributed by atoms with E-state index in [4.69, 9.17) is 4.74 Å². The average molecular weight is 447 g/mol. The molecule has 0 aromatic heterocycles. The second-order valence-corrected chi connectivity index (χ2v) is 7.09. The summed E-state index contributed by atoms with van der Waals surface area (Å²) in [6.45, 7) is 0.763. The zero-order valence-corrected chi connectivity index (χ0v) is 17.7. The summed E-state index contributed by atoms with van der Waals surface area (Å²) in [6.07, 6.45) is 1.07. The molecule has 4 amide bonds. The molecule has 1 aliphatic heterocycles. The highest BCUT2D eigenvalue weighted by atomic mass is 16.7. The molecule has 2 rings (SSSR count).